The summed E-state index contributed by atoms with van der Waals surface area (Å²) in [5.41, 5.74) is 1.20. The van der Waals surface area contributed by atoms with Crippen molar-refractivity contribution < 1.29 is 17.9 Å². The number of thiocarbonyl (C=S) groups is 1. The first-order chi connectivity index (χ1) is 13.5. The maximum atomic E-state index is 12.9. The zero-order valence-corrected chi connectivity index (χ0v) is 17.5. The smallest absolute Gasteiger partial charge is 0.243 e. The van der Waals surface area contributed by atoms with Crippen molar-refractivity contribution in [3.63, 3.8) is 0 Å². The van der Waals surface area contributed by atoms with Gasteiger partial charge in [-0.25, -0.2) is 8.42 Å². The lowest BCUT2D eigenvalue weighted by Gasteiger charge is -2.24. The Morgan fingerprint density at radius 3 is 2.54 bits per heavy atom. The van der Waals surface area contributed by atoms with Gasteiger partial charge < -0.3 is 9.47 Å². The lowest BCUT2D eigenvalue weighted by molar-refractivity contribution is 0.277. The van der Waals surface area contributed by atoms with Crippen LogP contribution in [0.3, 0.4) is 0 Å². The number of nitrogens with zero attached hydrogens (tertiary/aromatic N) is 1. The Bertz CT molecular complexity index is 882. The van der Waals surface area contributed by atoms with E-state index in [1.807, 2.05) is 24.3 Å². The van der Waals surface area contributed by atoms with Crippen LogP contribution in [0, 0.1) is 0 Å². The standard InChI is InChI=1S/C21H25NO4S2/c1-25-18-13-11-17(12-14-18)7-6-16-26-21(27)20-10-5-15-22(20)28(23,24)19-8-3-2-4-9-19/h2-4,8-9,11-14,20H,5-7,10,15-16H2,1H3/t20-/m0/s1. The topological polar surface area (TPSA) is 55.8 Å². The summed E-state index contributed by atoms with van der Waals surface area (Å²) in [6, 6.07) is 16.0. The van der Waals surface area contributed by atoms with Crippen LogP contribution in [0.4, 0.5) is 0 Å². The minimum Gasteiger partial charge on any atom is -0.497 e. The number of ether oxygens (including phenoxy) is 2. The summed E-state index contributed by atoms with van der Waals surface area (Å²) in [6.45, 7) is 0.942. The van der Waals surface area contributed by atoms with Crippen LogP contribution in [-0.2, 0) is 21.2 Å². The van der Waals surface area contributed by atoms with Gasteiger partial charge in [-0.1, -0.05) is 30.3 Å². The highest BCUT2D eigenvalue weighted by molar-refractivity contribution is 7.89. The van der Waals surface area contributed by atoms with Gasteiger partial charge in [0.1, 0.15) is 5.75 Å². The fraction of sp³-hybridized carbons (Fsp3) is 0.381. The van der Waals surface area contributed by atoms with E-state index < -0.39 is 10.0 Å². The van der Waals surface area contributed by atoms with Gasteiger partial charge in [0, 0.05) is 6.54 Å². The van der Waals surface area contributed by atoms with E-state index in [4.69, 9.17) is 21.7 Å². The van der Waals surface area contributed by atoms with Crippen molar-refractivity contribution >= 4 is 27.3 Å². The van der Waals surface area contributed by atoms with Gasteiger partial charge in [-0.3, -0.25) is 0 Å². The average Bonchev–Trinajstić information content (AvgIpc) is 3.23. The monoisotopic (exact) mass is 419 g/mol. The third kappa shape index (κ3) is 4.90. The first-order valence-electron chi connectivity index (χ1n) is 9.39. The maximum absolute atomic E-state index is 12.9. The normalized spacial score (nSPS) is 17.4. The second kappa shape index (κ2) is 9.49. The molecule has 0 bridgehead atoms. The molecule has 1 saturated heterocycles. The maximum Gasteiger partial charge on any atom is 0.243 e. The second-order valence-electron chi connectivity index (χ2n) is 6.71. The number of rotatable bonds is 8. The second-order valence-corrected chi connectivity index (χ2v) is 9.00. The third-order valence-corrected chi connectivity index (χ3v) is 7.15. The van der Waals surface area contributed by atoms with Gasteiger partial charge in [0.25, 0.3) is 0 Å². The summed E-state index contributed by atoms with van der Waals surface area (Å²) in [6.07, 6.45) is 3.16. The number of methoxy groups -OCH3 is 1. The summed E-state index contributed by atoms with van der Waals surface area (Å²) in [4.78, 5) is 0.296. The Balaban J connectivity index is 1.53. The summed E-state index contributed by atoms with van der Waals surface area (Å²) >= 11 is 5.43. The highest BCUT2D eigenvalue weighted by Crippen LogP contribution is 2.27. The van der Waals surface area contributed by atoms with Crippen LogP contribution in [-0.4, -0.2) is 44.1 Å². The number of sulfonamides is 1. The Kier molecular flexibility index (Phi) is 7.04. The fourth-order valence-electron chi connectivity index (χ4n) is 3.33. The third-order valence-electron chi connectivity index (χ3n) is 4.84. The average molecular weight is 420 g/mol. The van der Waals surface area contributed by atoms with E-state index in [1.165, 1.54) is 9.87 Å². The number of aryl methyl sites for hydroxylation is 1. The molecule has 0 N–H and O–H groups in total. The van der Waals surface area contributed by atoms with E-state index in [2.05, 4.69) is 0 Å². The molecule has 2 aromatic carbocycles. The predicted molar refractivity (Wildman–Crippen MR) is 113 cm³/mol. The molecular weight excluding hydrogens is 394 g/mol. The van der Waals surface area contributed by atoms with Gasteiger partial charge in [0.05, 0.1) is 24.7 Å². The van der Waals surface area contributed by atoms with E-state index in [9.17, 15) is 8.42 Å². The molecule has 1 fully saturated rings. The van der Waals surface area contributed by atoms with Crippen LogP contribution in [0.2, 0.25) is 0 Å². The van der Waals surface area contributed by atoms with E-state index >= 15 is 0 Å². The van der Waals surface area contributed by atoms with Crippen LogP contribution >= 0.6 is 12.2 Å². The molecule has 28 heavy (non-hydrogen) atoms. The summed E-state index contributed by atoms with van der Waals surface area (Å²) in [5.74, 6) is 0.835. The van der Waals surface area contributed by atoms with E-state index in [0.717, 1.165) is 25.0 Å². The molecule has 1 aliphatic rings. The molecule has 7 heteroatoms. The van der Waals surface area contributed by atoms with Crippen molar-refractivity contribution in [2.24, 2.45) is 0 Å². The molecule has 0 aromatic heterocycles. The molecule has 0 saturated carbocycles. The molecule has 150 valence electrons. The van der Waals surface area contributed by atoms with Gasteiger partial charge in [0.15, 0.2) is 5.05 Å². The molecule has 5 nitrogen and oxygen atoms in total. The minimum absolute atomic E-state index is 0.296. The Hall–Kier alpha value is -1.96. The van der Waals surface area contributed by atoms with Gasteiger partial charge in [-0.2, -0.15) is 4.31 Å². The zero-order valence-electron chi connectivity index (χ0n) is 15.9. The molecule has 0 spiro atoms. The molecule has 1 heterocycles. The summed E-state index contributed by atoms with van der Waals surface area (Å²) in [7, 11) is -1.91. The van der Waals surface area contributed by atoms with Crippen LogP contribution < -0.4 is 4.74 Å². The molecule has 1 aliphatic heterocycles. The highest BCUT2D eigenvalue weighted by Gasteiger charge is 2.38. The first kappa shape index (κ1) is 20.8. The van der Waals surface area contributed by atoms with Crippen LogP contribution in [0.15, 0.2) is 59.5 Å². The lowest BCUT2D eigenvalue weighted by atomic mass is 10.1. The highest BCUT2D eigenvalue weighted by atomic mass is 32.2. The van der Waals surface area contributed by atoms with Crippen molar-refractivity contribution in [2.75, 3.05) is 20.3 Å². The van der Waals surface area contributed by atoms with Crippen LogP contribution in [0.5, 0.6) is 5.75 Å². The SMILES string of the molecule is COc1ccc(CCCOC(=S)[C@@H]2CCCN2S(=O)(=O)c2ccccc2)cc1. The molecule has 1 atom stereocenters. The van der Waals surface area contributed by atoms with Crippen molar-refractivity contribution in [3.8, 4) is 5.75 Å². The Morgan fingerprint density at radius 2 is 1.86 bits per heavy atom. The Morgan fingerprint density at radius 1 is 1.14 bits per heavy atom. The lowest BCUT2D eigenvalue weighted by Crippen LogP contribution is -2.40. The van der Waals surface area contributed by atoms with Gasteiger partial charge in [-0.15, -0.1) is 0 Å². The van der Waals surface area contributed by atoms with E-state index in [-0.39, 0.29) is 6.04 Å². The molecular formula is C21H25NO4S2. The number of hydrogen-bond donors (Lipinski definition) is 0. The minimum atomic E-state index is -3.56. The molecule has 0 unspecified atom stereocenters. The van der Waals surface area contributed by atoms with Crippen LogP contribution in [0.1, 0.15) is 24.8 Å². The van der Waals surface area contributed by atoms with Crippen LogP contribution in [0.25, 0.3) is 0 Å². The quantitative estimate of drug-likeness (QED) is 0.481. The summed E-state index contributed by atoms with van der Waals surface area (Å²) < 4.78 is 38.2. The van der Waals surface area contributed by atoms with Gasteiger partial charge in [0.2, 0.25) is 10.0 Å². The summed E-state index contributed by atoms with van der Waals surface area (Å²) in [5, 5.41) is 0.367. The van der Waals surface area contributed by atoms with Crippen molar-refractivity contribution in [2.45, 2.75) is 36.6 Å². The van der Waals surface area contributed by atoms with E-state index in [1.54, 1.807) is 37.4 Å². The van der Waals surface area contributed by atoms with Crippen molar-refractivity contribution in [1.29, 1.82) is 0 Å². The molecule has 3 rings (SSSR count). The van der Waals surface area contributed by atoms with E-state index in [0.29, 0.717) is 29.5 Å². The molecule has 0 radical (unpaired) electrons. The van der Waals surface area contributed by atoms with Crippen molar-refractivity contribution in [3.05, 3.63) is 60.2 Å². The van der Waals surface area contributed by atoms with Gasteiger partial charge in [-0.05, 0) is 67.7 Å². The molecule has 0 amide bonds. The molecule has 0 aliphatic carbocycles. The number of hydrogen-bond acceptors (Lipinski definition) is 5. The Labute approximate surface area is 172 Å². The predicted octanol–water partition coefficient (Wildman–Crippen LogP) is 3.83. The number of benzene rings is 2. The largest absolute Gasteiger partial charge is 0.497 e. The van der Waals surface area contributed by atoms with Crippen molar-refractivity contribution in [1.82, 2.24) is 4.31 Å². The fourth-order valence-corrected chi connectivity index (χ4v) is 5.40. The first-order valence-corrected chi connectivity index (χ1v) is 11.2. The molecule has 2 aromatic rings. The van der Waals surface area contributed by atoms with Gasteiger partial charge >= 0.3 is 0 Å². The zero-order chi connectivity index (χ0) is 20.0.